The Morgan fingerprint density at radius 3 is 2.62 bits per heavy atom. The summed E-state index contributed by atoms with van der Waals surface area (Å²) in [6.07, 6.45) is 2.48. The van der Waals surface area contributed by atoms with E-state index in [1.807, 2.05) is 0 Å². The van der Waals surface area contributed by atoms with Crippen molar-refractivity contribution >= 4 is 34.8 Å². The van der Waals surface area contributed by atoms with E-state index in [1.54, 1.807) is 35.0 Å². The van der Waals surface area contributed by atoms with Crippen molar-refractivity contribution in [3.05, 3.63) is 28.2 Å². The average Bonchev–Trinajstić information content (AvgIpc) is 3.08. The summed E-state index contributed by atoms with van der Waals surface area (Å²) in [5.41, 5.74) is 0.715. The van der Waals surface area contributed by atoms with Crippen LogP contribution in [-0.2, 0) is 4.79 Å². The first kappa shape index (κ1) is 18.9. The highest BCUT2D eigenvalue weighted by Crippen LogP contribution is 2.27. The van der Waals surface area contributed by atoms with Crippen LogP contribution in [0.5, 0.6) is 0 Å². The molecule has 1 aliphatic heterocycles. The maximum absolute atomic E-state index is 12.5. The van der Waals surface area contributed by atoms with Crippen molar-refractivity contribution in [2.45, 2.75) is 12.8 Å². The molecular formula is C17H22Cl2N4O. The van der Waals surface area contributed by atoms with E-state index in [0.29, 0.717) is 22.3 Å². The number of hydrogen-bond donors (Lipinski definition) is 0. The number of carbonyl (C=O) groups is 1. The zero-order valence-corrected chi connectivity index (χ0v) is 15.4. The lowest BCUT2D eigenvalue weighted by atomic mass is 10.2. The minimum Gasteiger partial charge on any atom is -0.349 e. The Labute approximate surface area is 153 Å². The highest BCUT2D eigenvalue weighted by molar-refractivity contribution is 6.42. The summed E-state index contributed by atoms with van der Waals surface area (Å²) < 4.78 is 0. The number of nitriles is 1. The van der Waals surface area contributed by atoms with Gasteiger partial charge in [0.15, 0.2) is 0 Å². The van der Waals surface area contributed by atoms with Crippen LogP contribution in [0.3, 0.4) is 0 Å². The zero-order chi connectivity index (χ0) is 17.5. The van der Waals surface area contributed by atoms with Crippen LogP contribution in [-0.4, -0.2) is 62.0 Å². The van der Waals surface area contributed by atoms with Crippen LogP contribution in [0.15, 0.2) is 18.2 Å². The molecule has 2 rings (SSSR count). The Morgan fingerprint density at radius 1 is 1.29 bits per heavy atom. The van der Waals surface area contributed by atoms with Gasteiger partial charge in [0.1, 0.15) is 6.54 Å². The van der Waals surface area contributed by atoms with Crippen molar-refractivity contribution in [2.24, 2.45) is 0 Å². The number of halogens is 2. The van der Waals surface area contributed by atoms with Gasteiger partial charge >= 0.3 is 0 Å². The van der Waals surface area contributed by atoms with E-state index in [1.165, 1.54) is 12.8 Å². The lowest BCUT2D eigenvalue weighted by molar-refractivity contribution is -0.128. The van der Waals surface area contributed by atoms with Crippen LogP contribution in [0.25, 0.3) is 0 Å². The average molecular weight is 369 g/mol. The van der Waals surface area contributed by atoms with Crippen molar-refractivity contribution in [3.63, 3.8) is 0 Å². The zero-order valence-electron chi connectivity index (χ0n) is 13.8. The molecule has 0 spiro atoms. The molecule has 130 valence electrons. The standard InChI is InChI=1S/C17H22Cl2N4O/c1-21(10-11-22-7-2-3-8-22)17(24)13-23(9-6-20)14-4-5-15(18)16(19)12-14/h4-5,12H,2-3,7-11,13H2,1H3. The lowest BCUT2D eigenvalue weighted by Gasteiger charge is -2.26. The fraction of sp³-hybridized carbons (Fsp3) is 0.529. The molecule has 7 heteroatoms. The highest BCUT2D eigenvalue weighted by Gasteiger charge is 2.18. The third kappa shape index (κ3) is 5.27. The van der Waals surface area contributed by atoms with Gasteiger partial charge in [0.25, 0.3) is 0 Å². The normalized spacial score (nSPS) is 14.4. The van der Waals surface area contributed by atoms with Gasteiger partial charge in [-0.2, -0.15) is 5.26 Å². The Kier molecular flexibility index (Phi) is 7.16. The summed E-state index contributed by atoms with van der Waals surface area (Å²) in [7, 11) is 1.80. The first-order valence-electron chi connectivity index (χ1n) is 8.04. The number of rotatable bonds is 7. The second-order valence-electron chi connectivity index (χ2n) is 5.98. The summed E-state index contributed by atoms with van der Waals surface area (Å²) in [6, 6.07) is 7.21. The summed E-state index contributed by atoms with van der Waals surface area (Å²) >= 11 is 12.0. The SMILES string of the molecule is CN(CCN1CCCC1)C(=O)CN(CC#N)c1ccc(Cl)c(Cl)c1. The number of benzene rings is 1. The molecule has 5 nitrogen and oxygen atoms in total. The van der Waals surface area contributed by atoms with Gasteiger partial charge in [0, 0.05) is 25.8 Å². The number of likely N-dealkylation sites (N-methyl/N-ethyl adjacent to an activating group) is 1. The summed E-state index contributed by atoms with van der Waals surface area (Å²) in [5.74, 6) is -0.0180. The predicted octanol–water partition coefficient (Wildman–Crippen LogP) is 2.88. The quantitative estimate of drug-likeness (QED) is 0.694. The Morgan fingerprint density at radius 2 is 2.00 bits per heavy atom. The minimum atomic E-state index is -0.0180. The van der Waals surface area contributed by atoms with E-state index in [2.05, 4.69) is 11.0 Å². The summed E-state index contributed by atoms with van der Waals surface area (Å²) in [5, 5.41) is 9.90. The molecule has 0 bridgehead atoms. The van der Waals surface area contributed by atoms with E-state index in [4.69, 9.17) is 28.5 Å². The van der Waals surface area contributed by atoms with Crippen LogP contribution in [0.2, 0.25) is 10.0 Å². The monoisotopic (exact) mass is 368 g/mol. The van der Waals surface area contributed by atoms with Crippen LogP contribution >= 0.6 is 23.2 Å². The molecule has 0 saturated carbocycles. The predicted molar refractivity (Wildman–Crippen MR) is 97.6 cm³/mol. The largest absolute Gasteiger partial charge is 0.349 e. The first-order valence-corrected chi connectivity index (χ1v) is 8.80. The van der Waals surface area contributed by atoms with E-state index in [9.17, 15) is 4.79 Å². The number of hydrogen-bond acceptors (Lipinski definition) is 4. The van der Waals surface area contributed by atoms with Crippen molar-refractivity contribution < 1.29 is 4.79 Å². The molecule has 0 atom stereocenters. The second kappa shape index (κ2) is 9.12. The van der Waals surface area contributed by atoms with Gasteiger partial charge < -0.3 is 14.7 Å². The molecule has 1 heterocycles. The van der Waals surface area contributed by atoms with Crippen molar-refractivity contribution in [1.82, 2.24) is 9.80 Å². The van der Waals surface area contributed by atoms with Crippen LogP contribution in [0.4, 0.5) is 5.69 Å². The van der Waals surface area contributed by atoms with Gasteiger partial charge in [-0.3, -0.25) is 4.79 Å². The fourth-order valence-corrected chi connectivity index (χ4v) is 3.00. The second-order valence-corrected chi connectivity index (χ2v) is 6.79. The number of carbonyl (C=O) groups excluding carboxylic acids is 1. The van der Waals surface area contributed by atoms with Crippen LogP contribution in [0, 0.1) is 11.3 Å². The number of likely N-dealkylation sites (tertiary alicyclic amines) is 1. The third-order valence-electron chi connectivity index (χ3n) is 4.23. The van der Waals surface area contributed by atoms with E-state index < -0.39 is 0 Å². The van der Waals surface area contributed by atoms with Gasteiger partial charge in [0.2, 0.25) is 5.91 Å². The summed E-state index contributed by atoms with van der Waals surface area (Å²) in [4.78, 5) is 18.3. The maximum atomic E-state index is 12.5. The van der Waals surface area contributed by atoms with Gasteiger partial charge in [-0.25, -0.2) is 0 Å². The van der Waals surface area contributed by atoms with Crippen LogP contribution in [0.1, 0.15) is 12.8 Å². The molecule has 0 aliphatic carbocycles. The smallest absolute Gasteiger partial charge is 0.241 e. The maximum Gasteiger partial charge on any atom is 0.241 e. The molecule has 0 aromatic heterocycles. The van der Waals surface area contributed by atoms with Crippen LogP contribution < -0.4 is 4.90 Å². The van der Waals surface area contributed by atoms with Crippen molar-refractivity contribution in [3.8, 4) is 6.07 Å². The number of amides is 1. The Hall–Kier alpha value is -1.48. The first-order chi connectivity index (χ1) is 11.5. The molecule has 1 aromatic carbocycles. The molecule has 1 aliphatic rings. The summed E-state index contributed by atoms with van der Waals surface area (Å²) in [6.45, 7) is 4.08. The molecular weight excluding hydrogens is 347 g/mol. The van der Waals surface area contributed by atoms with E-state index in [0.717, 1.165) is 19.6 Å². The molecule has 1 fully saturated rings. The molecule has 0 unspecified atom stereocenters. The third-order valence-corrected chi connectivity index (χ3v) is 4.97. The highest BCUT2D eigenvalue weighted by atomic mass is 35.5. The van der Waals surface area contributed by atoms with Gasteiger partial charge in [-0.1, -0.05) is 23.2 Å². The van der Waals surface area contributed by atoms with E-state index >= 15 is 0 Å². The molecule has 0 radical (unpaired) electrons. The van der Waals surface area contributed by atoms with E-state index in [-0.39, 0.29) is 19.0 Å². The van der Waals surface area contributed by atoms with Crippen molar-refractivity contribution in [1.29, 1.82) is 5.26 Å². The number of nitrogens with zero attached hydrogens (tertiary/aromatic N) is 4. The molecule has 0 N–H and O–H groups in total. The van der Waals surface area contributed by atoms with Crippen molar-refractivity contribution in [2.75, 3.05) is 51.2 Å². The number of anilines is 1. The molecule has 1 saturated heterocycles. The lowest BCUT2D eigenvalue weighted by Crippen LogP contribution is -2.41. The minimum absolute atomic E-state index is 0.0180. The molecule has 24 heavy (non-hydrogen) atoms. The fourth-order valence-electron chi connectivity index (χ4n) is 2.71. The van der Waals surface area contributed by atoms with Gasteiger partial charge in [-0.05, 0) is 44.1 Å². The van der Waals surface area contributed by atoms with Gasteiger partial charge in [0.05, 0.1) is 22.7 Å². The topological polar surface area (TPSA) is 50.6 Å². The Balaban J connectivity index is 1.94. The van der Waals surface area contributed by atoms with Gasteiger partial charge in [-0.15, -0.1) is 0 Å². The molecule has 1 aromatic rings. The Bertz CT molecular complexity index is 611. The molecule has 1 amide bonds.